The number of anilines is 1. The number of hydrogen-bond donors (Lipinski definition) is 0. The van der Waals surface area contributed by atoms with Crippen LogP contribution in [-0.2, 0) is 4.74 Å². The molecule has 1 fully saturated rings. The number of thiazole rings is 1. The summed E-state index contributed by atoms with van der Waals surface area (Å²) in [4.78, 5) is 8.14. The third-order valence-electron chi connectivity index (χ3n) is 2.30. The summed E-state index contributed by atoms with van der Waals surface area (Å²) in [5.74, 6) is 0. The zero-order valence-corrected chi connectivity index (χ0v) is 8.86. The molecular formula is C9H14N2OS. The molecule has 0 saturated carbocycles. The zero-order chi connectivity index (χ0) is 9.26. The summed E-state index contributed by atoms with van der Waals surface area (Å²) < 4.78 is 5.29. The van der Waals surface area contributed by atoms with E-state index >= 15 is 0 Å². The van der Waals surface area contributed by atoms with Gasteiger partial charge in [-0.3, -0.25) is 0 Å². The molecule has 0 N–H and O–H groups in total. The Morgan fingerprint density at radius 1 is 1.31 bits per heavy atom. The van der Waals surface area contributed by atoms with Crippen LogP contribution in [0, 0.1) is 13.8 Å². The van der Waals surface area contributed by atoms with Crippen LogP contribution in [0.5, 0.6) is 0 Å². The van der Waals surface area contributed by atoms with Crippen molar-refractivity contribution in [1.82, 2.24) is 4.98 Å². The summed E-state index contributed by atoms with van der Waals surface area (Å²) in [5, 5.41) is 1.15. The maximum Gasteiger partial charge on any atom is 0.185 e. The highest BCUT2D eigenvalue weighted by molar-refractivity contribution is 7.15. The van der Waals surface area contributed by atoms with Gasteiger partial charge in [0.2, 0.25) is 0 Å². The molecular weight excluding hydrogens is 184 g/mol. The number of morpholine rings is 1. The van der Waals surface area contributed by atoms with E-state index in [0.29, 0.717) is 0 Å². The molecule has 13 heavy (non-hydrogen) atoms. The van der Waals surface area contributed by atoms with Gasteiger partial charge in [0.1, 0.15) is 0 Å². The molecule has 72 valence electrons. The number of aromatic nitrogens is 1. The molecule has 0 aliphatic carbocycles. The molecule has 0 amide bonds. The molecule has 2 rings (SSSR count). The van der Waals surface area contributed by atoms with E-state index < -0.39 is 0 Å². The maximum atomic E-state index is 5.29. The molecule has 0 unspecified atom stereocenters. The van der Waals surface area contributed by atoms with E-state index in [1.165, 1.54) is 4.88 Å². The van der Waals surface area contributed by atoms with Gasteiger partial charge in [0.05, 0.1) is 18.9 Å². The van der Waals surface area contributed by atoms with E-state index in [1.54, 1.807) is 11.3 Å². The standard InChI is InChI=1S/C9H14N2OS/c1-7-8(2)13-9(10-7)11-3-5-12-6-4-11/h3-6H2,1-2H3. The lowest BCUT2D eigenvalue weighted by molar-refractivity contribution is 0.122. The Bertz CT molecular complexity index is 272. The Morgan fingerprint density at radius 2 is 2.00 bits per heavy atom. The number of nitrogens with zero attached hydrogens (tertiary/aromatic N) is 2. The SMILES string of the molecule is Cc1nc(N2CCOCC2)sc1C. The van der Waals surface area contributed by atoms with Gasteiger partial charge in [-0.2, -0.15) is 0 Å². The van der Waals surface area contributed by atoms with Gasteiger partial charge < -0.3 is 9.64 Å². The van der Waals surface area contributed by atoms with Gasteiger partial charge in [-0.05, 0) is 13.8 Å². The molecule has 0 aromatic carbocycles. The molecule has 0 atom stereocenters. The molecule has 4 heteroatoms. The van der Waals surface area contributed by atoms with Gasteiger partial charge in [-0.1, -0.05) is 0 Å². The van der Waals surface area contributed by atoms with Crippen LogP contribution in [0.3, 0.4) is 0 Å². The van der Waals surface area contributed by atoms with E-state index in [-0.39, 0.29) is 0 Å². The second-order valence-corrected chi connectivity index (χ2v) is 4.42. The van der Waals surface area contributed by atoms with E-state index in [4.69, 9.17) is 4.74 Å². The molecule has 1 saturated heterocycles. The lowest BCUT2D eigenvalue weighted by Gasteiger charge is -2.25. The van der Waals surface area contributed by atoms with Crippen LogP contribution in [0.15, 0.2) is 0 Å². The zero-order valence-electron chi connectivity index (χ0n) is 8.04. The van der Waals surface area contributed by atoms with Gasteiger partial charge in [-0.25, -0.2) is 4.98 Å². The molecule has 0 radical (unpaired) electrons. The predicted octanol–water partition coefficient (Wildman–Crippen LogP) is 1.60. The molecule has 1 aliphatic rings. The van der Waals surface area contributed by atoms with Crippen molar-refractivity contribution in [3.05, 3.63) is 10.6 Å². The largest absolute Gasteiger partial charge is 0.378 e. The molecule has 2 heterocycles. The molecule has 3 nitrogen and oxygen atoms in total. The van der Waals surface area contributed by atoms with E-state index in [0.717, 1.165) is 37.1 Å². The average Bonchev–Trinajstić information content (AvgIpc) is 2.49. The van der Waals surface area contributed by atoms with Crippen molar-refractivity contribution in [2.24, 2.45) is 0 Å². The van der Waals surface area contributed by atoms with Crippen LogP contribution >= 0.6 is 11.3 Å². The van der Waals surface area contributed by atoms with E-state index in [2.05, 4.69) is 23.7 Å². The van der Waals surface area contributed by atoms with Crippen LogP contribution in [-0.4, -0.2) is 31.3 Å². The molecule has 1 aromatic rings. The number of ether oxygens (including phenoxy) is 1. The normalized spacial score (nSPS) is 17.8. The number of rotatable bonds is 1. The van der Waals surface area contributed by atoms with Gasteiger partial charge in [-0.15, -0.1) is 11.3 Å². The van der Waals surface area contributed by atoms with Crippen molar-refractivity contribution >= 4 is 16.5 Å². The Labute approximate surface area is 82.3 Å². The topological polar surface area (TPSA) is 25.4 Å². The monoisotopic (exact) mass is 198 g/mol. The first-order chi connectivity index (χ1) is 6.27. The van der Waals surface area contributed by atoms with Gasteiger partial charge in [0.15, 0.2) is 5.13 Å². The van der Waals surface area contributed by atoms with Crippen molar-refractivity contribution in [1.29, 1.82) is 0 Å². The maximum absolute atomic E-state index is 5.29. The molecule has 1 aliphatic heterocycles. The highest BCUT2D eigenvalue weighted by Gasteiger charge is 2.14. The summed E-state index contributed by atoms with van der Waals surface area (Å²) in [6.07, 6.45) is 0. The quantitative estimate of drug-likeness (QED) is 0.685. The Morgan fingerprint density at radius 3 is 2.54 bits per heavy atom. The minimum atomic E-state index is 0.831. The molecule has 1 aromatic heterocycles. The fraction of sp³-hybridized carbons (Fsp3) is 0.667. The summed E-state index contributed by atoms with van der Waals surface area (Å²) in [5.41, 5.74) is 1.16. The minimum Gasteiger partial charge on any atom is -0.378 e. The second kappa shape index (κ2) is 3.64. The minimum absolute atomic E-state index is 0.831. The number of hydrogen-bond acceptors (Lipinski definition) is 4. The molecule has 0 bridgehead atoms. The third kappa shape index (κ3) is 1.84. The van der Waals surface area contributed by atoms with Crippen LogP contribution in [0.2, 0.25) is 0 Å². The lowest BCUT2D eigenvalue weighted by Crippen LogP contribution is -2.36. The summed E-state index contributed by atoms with van der Waals surface area (Å²) in [7, 11) is 0. The first kappa shape index (κ1) is 8.97. The predicted molar refractivity (Wildman–Crippen MR) is 54.6 cm³/mol. The van der Waals surface area contributed by atoms with Gasteiger partial charge in [0, 0.05) is 18.0 Å². The first-order valence-corrected chi connectivity index (χ1v) is 5.36. The Balaban J connectivity index is 2.14. The molecule has 0 spiro atoms. The highest BCUT2D eigenvalue weighted by atomic mass is 32.1. The summed E-state index contributed by atoms with van der Waals surface area (Å²) >= 11 is 1.78. The first-order valence-electron chi connectivity index (χ1n) is 4.54. The van der Waals surface area contributed by atoms with E-state index in [1.807, 2.05) is 0 Å². The van der Waals surface area contributed by atoms with Crippen LogP contribution in [0.4, 0.5) is 5.13 Å². The van der Waals surface area contributed by atoms with Gasteiger partial charge in [0.25, 0.3) is 0 Å². The van der Waals surface area contributed by atoms with Crippen molar-refractivity contribution in [3.8, 4) is 0 Å². The highest BCUT2D eigenvalue weighted by Crippen LogP contribution is 2.25. The van der Waals surface area contributed by atoms with Crippen molar-refractivity contribution in [2.45, 2.75) is 13.8 Å². The van der Waals surface area contributed by atoms with Crippen molar-refractivity contribution in [3.63, 3.8) is 0 Å². The van der Waals surface area contributed by atoms with Crippen molar-refractivity contribution in [2.75, 3.05) is 31.2 Å². The average molecular weight is 198 g/mol. The van der Waals surface area contributed by atoms with Crippen LogP contribution in [0.1, 0.15) is 10.6 Å². The van der Waals surface area contributed by atoms with Crippen LogP contribution in [0.25, 0.3) is 0 Å². The van der Waals surface area contributed by atoms with Gasteiger partial charge >= 0.3 is 0 Å². The smallest absolute Gasteiger partial charge is 0.185 e. The Kier molecular flexibility index (Phi) is 2.51. The second-order valence-electron chi connectivity index (χ2n) is 3.24. The lowest BCUT2D eigenvalue weighted by atomic mass is 10.4. The third-order valence-corrected chi connectivity index (χ3v) is 3.43. The summed E-state index contributed by atoms with van der Waals surface area (Å²) in [6.45, 7) is 7.81. The van der Waals surface area contributed by atoms with Crippen molar-refractivity contribution < 1.29 is 4.74 Å². The van der Waals surface area contributed by atoms with E-state index in [9.17, 15) is 0 Å². The fourth-order valence-electron chi connectivity index (χ4n) is 1.35. The summed E-state index contributed by atoms with van der Waals surface area (Å²) in [6, 6.07) is 0. The fourth-order valence-corrected chi connectivity index (χ4v) is 2.31. The van der Waals surface area contributed by atoms with Crippen LogP contribution < -0.4 is 4.90 Å². The Hall–Kier alpha value is -0.610. The number of aryl methyl sites for hydroxylation is 2.